The Morgan fingerprint density at radius 1 is 1.48 bits per heavy atom. The fourth-order valence-corrected chi connectivity index (χ4v) is 2.54. The first-order valence-corrected chi connectivity index (χ1v) is 7.51. The first-order valence-electron chi connectivity index (χ1n) is 7.51. The highest BCUT2D eigenvalue weighted by atomic mass is 19.1. The van der Waals surface area contributed by atoms with E-state index < -0.39 is 6.10 Å². The molecule has 0 unspecified atom stereocenters. The van der Waals surface area contributed by atoms with Gasteiger partial charge in [0, 0.05) is 26.2 Å². The van der Waals surface area contributed by atoms with Gasteiger partial charge in [0.05, 0.1) is 6.61 Å². The Labute approximate surface area is 125 Å². The molecule has 2 rings (SSSR count). The van der Waals surface area contributed by atoms with Crippen LogP contribution >= 0.6 is 0 Å². The fraction of sp³-hybridized carbons (Fsp3) is 0.562. The Balaban J connectivity index is 2.01. The van der Waals surface area contributed by atoms with Crippen LogP contribution in [0.25, 0.3) is 0 Å². The first kappa shape index (κ1) is 15.9. The summed E-state index contributed by atoms with van der Waals surface area (Å²) in [7, 11) is 0. The molecule has 1 fully saturated rings. The summed E-state index contributed by atoms with van der Waals surface area (Å²) in [5.41, 5.74) is 0.799. The lowest BCUT2D eigenvalue weighted by atomic mass is 10.1. The van der Waals surface area contributed by atoms with Crippen LogP contribution in [0.5, 0.6) is 0 Å². The van der Waals surface area contributed by atoms with Crippen LogP contribution in [0.3, 0.4) is 0 Å². The second-order valence-corrected chi connectivity index (χ2v) is 5.23. The van der Waals surface area contributed by atoms with E-state index >= 15 is 0 Å². The first-order chi connectivity index (χ1) is 10.1. The summed E-state index contributed by atoms with van der Waals surface area (Å²) in [5, 5.41) is 0. The van der Waals surface area contributed by atoms with Gasteiger partial charge in [0.1, 0.15) is 11.9 Å². The van der Waals surface area contributed by atoms with Crippen LogP contribution in [0.2, 0.25) is 0 Å². The predicted octanol–water partition coefficient (Wildman–Crippen LogP) is 1.89. The van der Waals surface area contributed by atoms with Crippen molar-refractivity contribution in [1.82, 2.24) is 9.80 Å². The predicted molar refractivity (Wildman–Crippen MR) is 79.3 cm³/mol. The Hall–Kier alpha value is -1.46. The summed E-state index contributed by atoms with van der Waals surface area (Å²) < 4.78 is 18.8. The Kier molecular flexibility index (Phi) is 5.70. The second kappa shape index (κ2) is 7.52. The van der Waals surface area contributed by atoms with Gasteiger partial charge in [-0.1, -0.05) is 19.1 Å². The van der Waals surface area contributed by atoms with E-state index in [1.54, 1.807) is 11.0 Å². The minimum atomic E-state index is -0.410. The summed E-state index contributed by atoms with van der Waals surface area (Å²) in [6.45, 7) is 8.02. The van der Waals surface area contributed by atoms with Gasteiger partial charge in [0.2, 0.25) is 0 Å². The number of carbonyl (C=O) groups excluding carboxylic acids is 1. The zero-order valence-electron chi connectivity index (χ0n) is 12.7. The quantitative estimate of drug-likeness (QED) is 0.831. The van der Waals surface area contributed by atoms with E-state index in [-0.39, 0.29) is 11.7 Å². The molecular weight excluding hydrogens is 271 g/mol. The number of halogens is 1. The number of hydrogen-bond donors (Lipinski definition) is 0. The van der Waals surface area contributed by atoms with E-state index in [2.05, 4.69) is 11.8 Å². The molecule has 116 valence electrons. The summed E-state index contributed by atoms with van der Waals surface area (Å²) >= 11 is 0. The van der Waals surface area contributed by atoms with Gasteiger partial charge in [-0.15, -0.1) is 0 Å². The van der Waals surface area contributed by atoms with Crippen LogP contribution in [0.4, 0.5) is 4.39 Å². The highest BCUT2D eigenvalue weighted by Gasteiger charge is 2.29. The Bertz CT molecular complexity index is 481. The maximum absolute atomic E-state index is 13.2. The van der Waals surface area contributed by atoms with Crippen LogP contribution in [-0.4, -0.2) is 54.6 Å². The smallest absolute Gasteiger partial charge is 0.253 e. The maximum atomic E-state index is 13.2. The summed E-state index contributed by atoms with van der Waals surface area (Å²) in [5.74, 6) is -0.290. The van der Waals surface area contributed by atoms with Gasteiger partial charge in [0.15, 0.2) is 0 Å². The number of ether oxygens (including phenoxy) is 1. The minimum absolute atomic E-state index is 0.0140. The molecule has 0 N–H and O–H groups in total. The van der Waals surface area contributed by atoms with E-state index in [0.29, 0.717) is 26.2 Å². The van der Waals surface area contributed by atoms with E-state index in [4.69, 9.17) is 4.74 Å². The normalized spacial score (nSPS) is 19.5. The average Bonchev–Trinajstić information content (AvgIpc) is 2.52. The zero-order valence-corrected chi connectivity index (χ0v) is 12.7. The number of morpholine rings is 1. The molecule has 0 aromatic heterocycles. The molecule has 1 saturated heterocycles. The molecule has 0 saturated carbocycles. The zero-order chi connectivity index (χ0) is 15.2. The van der Waals surface area contributed by atoms with Crippen LogP contribution in [0, 0.1) is 5.82 Å². The number of carbonyl (C=O) groups is 1. The van der Waals surface area contributed by atoms with Crippen molar-refractivity contribution >= 4 is 5.91 Å². The number of benzene rings is 1. The molecule has 1 aromatic carbocycles. The Morgan fingerprint density at radius 2 is 2.29 bits per heavy atom. The van der Waals surface area contributed by atoms with E-state index in [1.165, 1.54) is 12.1 Å². The number of nitrogens with zero attached hydrogens (tertiary/aromatic N) is 2. The number of rotatable bonds is 5. The number of likely N-dealkylation sites (N-methyl/N-ethyl adjacent to an activating group) is 2. The molecule has 5 heteroatoms. The molecule has 1 atom stereocenters. The van der Waals surface area contributed by atoms with Crippen molar-refractivity contribution in [2.75, 3.05) is 32.8 Å². The molecule has 21 heavy (non-hydrogen) atoms. The lowest BCUT2D eigenvalue weighted by molar-refractivity contribution is -0.149. The molecule has 1 heterocycles. The highest BCUT2D eigenvalue weighted by Crippen LogP contribution is 2.12. The van der Waals surface area contributed by atoms with E-state index in [0.717, 1.165) is 18.7 Å². The maximum Gasteiger partial charge on any atom is 0.253 e. The van der Waals surface area contributed by atoms with Crippen molar-refractivity contribution in [2.24, 2.45) is 0 Å². The molecule has 0 aliphatic carbocycles. The molecule has 0 radical (unpaired) electrons. The minimum Gasteiger partial charge on any atom is -0.366 e. The van der Waals surface area contributed by atoms with Crippen molar-refractivity contribution in [3.63, 3.8) is 0 Å². The molecule has 1 aliphatic rings. The molecular formula is C16H23FN2O2. The summed E-state index contributed by atoms with van der Waals surface area (Å²) in [6, 6.07) is 6.37. The van der Waals surface area contributed by atoms with Crippen molar-refractivity contribution in [3.8, 4) is 0 Å². The third kappa shape index (κ3) is 4.25. The topological polar surface area (TPSA) is 32.8 Å². The van der Waals surface area contributed by atoms with Crippen molar-refractivity contribution in [1.29, 1.82) is 0 Å². The molecule has 1 aromatic rings. The molecule has 4 nitrogen and oxygen atoms in total. The molecule has 0 spiro atoms. The summed E-state index contributed by atoms with van der Waals surface area (Å²) in [4.78, 5) is 16.5. The van der Waals surface area contributed by atoms with Gasteiger partial charge in [-0.3, -0.25) is 9.69 Å². The second-order valence-electron chi connectivity index (χ2n) is 5.23. The monoisotopic (exact) mass is 294 g/mol. The van der Waals surface area contributed by atoms with Crippen LogP contribution < -0.4 is 0 Å². The average molecular weight is 294 g/mol. The molecule has 1 aliphatic heterocycles. The van der Waals surface area contributed by atoms with Gasteiger partial charge in [0.25, 0.3) is 5.91 Å². The van der Waals surface area contributed by atoms with Gasteiger partial charge in [-0.2, -0.15) is 0 Å². The lowest BCUT2D eigenvalue weighted by Crippen LogP contribution is -2.50. The van der Waals surface area contributed by atoms with Gasteiger partial charge in [-0.05, 0) is 31.2 Å². The van der Waals surface area contributed by atoms with Crippen LogP contribution in [0.1, 0.15) is 19.4 Å². The Morgan fingerprint density at radius 3 is 2.95 bits per heavy atom. The van der Waals surface area contributed by atoms with Crippen LogP contribution in [-0.2, 0) is 16.1 Å². The third-order valence-electron chi connectivity index (χ3n) is 3.83. The lowest BCUT2D eigenvalue weighted by Gasteiger charge is -2.34. The standard InChI is InChI=1S/C16H23FN2O2/c1-3-18-8-9-21-15(12-18)16(20)19(4-2)11-13-6-5-7-14(17)10-13/h5-7,10,15H,3-4,8-9,11-12H2,1-2H3/t15-/m0/s1. The SMILES string of the molecule is CCN1CCO[C@H](C(=O)N(CC)Cc2cccc(F)c2)C1. The van der Waals surface area contributed by atoms with Crippen molar-refractivity contribution in [3.05, 3.63) is 35.6 Å². The number of hydrogen-bond acceptors (Lipinski definition) is 3. The van der Waals surface area contributed by atoms with Crippen molar-refractivity contribution in [2.45, 2.75) is 26.5 Å². The largest absolute Gasteiger partial charge is 0.366 e. The van der Waals surface area contributed by atoms with Gasteiger partial charge >= 0.3 is 0 Å². The number of amides is 1. The third-order valence-corrected chi connectivity index (χ3v) is 3.83. The van der Waals surface area contributed by atoms with Gasteiger partial charge in [-0.25, -0.2) is 4.39 Å². The fourth-order valence-electron chi connectivity index (χ4n) is 2.54. The van der Waals surface area contributed by atoms with Crippen molar-refractivity contribution < 1.29 is 13.9 Å². The van der Waals surface area contributed by atoms with Gasteiger partial charge < -0.3 is 9.64 Å². The van der Waals surface area contributed by atoms with E-state index in [9.17, 15) is 9.18 Å². The van der Waals surface area contributed by atoms with Crippen LogP contribution in [0.15, 0.2) is 24.3 Å². The van der Waals surface area contributed by atoms with E-state index in [1.807, 2.05) is 13.0 Å². The highest BCUT2D eigenvalue weighted by molar-refractivity contribution is 5.81. The molecule has 0 bridgehead atoms. The molecule has 1 amide bonds. The summed E-state index contributed by atoms with van der Waals surface area (Å²) in [6.07, 6.45) is -0.410.